The molecule has 2 aliphatic rings. The summed E-state index contributed by atoms with van der Waals surface area (Å²) in [5.41, 5.74) is 2.61. The van der Waals surface area contributed by atoms with Crippen molar-refractivity contribution >= 4 is 29.9 Å². The summed E-state index contributed by atoms with van der Waals surface area (Å²) in [5.74, 6) is 1.40. The molecule has 2 saturated heterocycles. The Morgan fingerprint density at radius 1 is 1.30 bits per heavy atom. The average molecular weight is 533 g/mol. The smallest absolute Gasteiger partial charge is 0.194 e. The van der Waals surface area contributed by atoms with E-state index in [2.05, 4.69) is 54.2 Å². The predicted octanol–water partition coefficient (Wildman–Crippen LogP) is 3.20. The summed E-state index contributed by atoms with van der Waals surface area (Å²) in [6.45, 7) is 13.2. The number of hydrogen-bond acceptors (Lipinski definition) is 4. The zero-order valence-corrected chi connectivity index (χ0v) is 21.8. The van der Waals surface area contributed by atoms with E-state index in [1.807, 2.05) is 11.7 Å². The number of aryl methyl sites for hydroxylation is 1. The summed E-state index contributed by atoms with van der Waals surface area (Å²) in [6, 6.07) is 0. The number of ether oxygens (including phenoxy) is 1. The van der Waals surface area contributed by atoms with Crippen LogP contribution < -0.4 is 5.32 Å². The normalized spacial score (nSPS) is 19.7. The minimum atomic E-state index is 0. The first-order valence-electron chi connectivity index (χ1n) is 11.3. The Morgan fingerprint density at radius 3 is 2.57 bits per heavy atom. The quantitative estimate of drug-likeness (QED) is 0.332. The van der Waals surface area contributed by atoms with Crippen LogP contribution >= 0.6 is 24.0 Å². The van der Waals surface area contributed by atoms with Crippen molar-refractivity contribution in [3.05, 3.63) is 17.5 Å². The Labute approximate surface area is 199 Å². The van der Waals surface area contributed by atoms with Crippen LogP contribution in [0.2, 0.25) is 0 Å². The lowest BCUT2D eigenvalue weighted by Crippen LogP contribution is -2.54. The number of likely N-dealkylation sites (tertiary alicyclic amines) is 1. The van der Waals surface area contributed by atoms with Gasteiger partial charge in [0.15, 0.2) is 5.96 Å². The van der Waals surface area contributed by atoms with Gasteiger partial charge in [-0.05, 0) is 51.6 Å². The van der Waals surface area contributed by atoms with Crippen LogP contribution in [0.15, 0.2) is 11.2 Å². The van der Waals surface area contributed by atoms with Crippen LogP contribution in [0.1, 0.15) is 63.6 Å². The second-order valence-electron chi connectivity index (χ2n) is 8.93. The third kappa shape index (κ3) is 6.09. The van der Waals surface area contributed by atoms with Gasteiger partial charge in [0.1, 0.15) is 0 Å². The van der Waals surface area contributed by atoms with Crippen molar-refractivity contribution in [1.29, 1.82) is 0 Å². The summed E-state index contributed by atoms with van der Waals surface area (Å²) >= 11 is 0. The van der Waals surface area contributed by atoms with E-state index in [-0.39, 0.29) is 29.5 Å². The van der Waals surface area contributed by atoms with E-state index < -0.39 is 0 Å². The van der Waals surface area contributed by atoms with Gasteiger partial charge in [0.2, 0.25) is 0 Å². The Balaban J connectivity index is 0.00000320. The predicted molar refractivity (Wildman–Crippen MR) is 134 cm³/mol. The van der Waals surface area contributed by atoms with Gasteiger partial charge in [-0.25, -0.2) is 0 Å². The highest BCUT2D eigenvalue weighted by atomic mass is 127. The fourth-order valence-corrected chi connectivity index (χ4v) is 4.70. The summed E-state index contributed by atoms with van der Waals surface area (Å²) in [5, 5.41) is 8.16. The zero-order chi connectivity index (χ0) is 20.9. The molecule has 0 amide bonds. The molecule has 0 aromatic carbocycles. The van der Waals surface area contributed by atoms with Gasteiger partial charge in [-0.1, -0.05) is 13.8 Å². The molecule has 3 heterocycles. The SMILES string of the molecule is CCNC(=NCC1(N2CCCC2)CCOCC1)N(C)Cc1cn(C)nc1C(C)C.I. The molecule has 0 spiro atoms. The van der Waals surface area contributed by atoms with Crippen LogP contribution in [-0.2, 0) is 18.3 Å². The molecule has 0 unspecified atom stereocenters. The summed E-state index contributed by atoms with van der Waals surface area (Å²) in [4.78, 5) is 10.1. The Morgan fingerprint density at radius 2 is 1.97 bits per heavy atom. The molecule has 1 aromatic heterocycles. The Bertz CT molecular complexity index is 677. The molecular formula is C22H41IN6O. The van der Waals surface area contributed by atoms with Crippen molar-refractivity contribution in [3.8, 4) is 0 Å². The molecule has 3 rings (SSSR count). The maximum atomic E-state index is 5.69. The first kappa shape index (κ1) is 25.4. The van der Waals surface area contributed by atoms with Crippen LogP contribution in [0, 0.1) is 0 Å². The maximum Gasteiger partial charge on any atom is 0.194 e. The summed E-state index contributed by atoms with van der Waals surface area (Å²) in [7, 11) is 4.13. The molecule has 7 nitrogen and oxygen atoms in total. The fraction of sp³-hybridized carbons (Fsp3) is 0.818. The highest BCUT2D eigenvalue weighted by Gasteiger charge is 2.39. The number of hydrogen-bond donors (Lipinski definition) is 1. The topological polar surface area (TPSA) is 57.9 Å². The molecule has 30 heavy (non-hydrogen) atoms. The van der Waals surface area contributed by atoms with Gasteiger partial charge in [-0.2, -0.15) is 5.10 Å². The van der Waals surface area contributed by atoms with Crippen molar-refractivity contribution in [2.45, 2.75) is 64.5 Å². The number of nitrogens with one attached hydrogen (secondary N) is 1. The lowest BCUT2D eigenvalue weighted by atomic mass is 9.88. The number of rotatable bonds is 7. The van der Waals surface area contributed by atoms with E-state index in [0.717, 1.165) is 51.6 Å². The first-order chi connectivity index (χ1) is 13.9. The van der Waals surface area contributed by atoms with Gasteiger partial charge in [-0.3, -0.25) is 14.6 Å². The van der Waals surface area contributed by atoms with Crippen molar-refractivity contribution in [2.24, 2.45) is 12.0 Å². The summed E-state index contributed by atoms with van der Waals surface area (Å²) in [6.07, 6.45) is 6.93. The van der Waals surface area contributed by atoms with Gasteiger partial charge in [0.05, 0.1) is 12.2 Å². The van der Waals surface area contributed by atoms with E-state index in [4.69, 9.17) is 9.73 Å². The van der Waals surface area contributed by atoms with Gasteiger partial charge in [-0.15, -0.1) is 24.0 Å². The van der Waals surface area contributed by atoms with Gasteiger partial charge in [0, 0.05) is 57.7 Å². The van der Waals surface area contributed by atoms with Gasteiger partial charge >= 0.3 is 0 Å². The average Bonchev–Trinajstić information content (AvgIpc) is 3.36. The number of aromatic nitrogens is 2. The summed E-state index contributed by atoms with van der Waals surface area (Å²) < 4.78 is 7.62. The minimum absolute atomic E-state index is 0. The Hall–Kier alpha value is -0.870. The molecule has 0 saturated carbocycles. The van der Waals surface area contributed by atoms with Crippen molar-refractivity contribution in [3.63, 3.8) is 0 Å². The molecule has 2 fully saturated rings. The largest absolute Gasteiger partial charge is 0.381 e. The molecule has 172 valence electrons. The number of nitrogens with zero attached hydrogens (tertiary/aromatic N) is 5. The lowest BCUT2D eigenvalue weighted by molar-refractivity contribution is -0.0139. The van der Waals surface area contributed by atoms with Crippen LogP contribution in [0.25, 0.3) is 0 Å². The van der Waals surface area contributed by atoms with E-state index >= 15 is 0 Å². The highest BCUT2D eigenvalue weighted by Crippen LogP contribution is 2.31. The molecule has 1 N–H and O–H groups in total. The molecule has 2 aliphatic heterocycles. The molecule has 8 heteroatoms. The third-order valence-corrected chi connectivity index (χ3v) is 6.31. The zero-order valence-electron chi connectivity index (χ0n) is 19.5. The van der Waals surface area contributed by atoms with E-state index in [9.17, 15) is 0 Å². The first-order valence-corrected chi connectivity index (χ1v) is 11.3. The fourth-order valence-electron chi connectivity index (χ4n) is 4.70. The van der Waals surface area contributed by atoms with Crippen LogP contribution in [0.3, 0.4) is 0 Å². The third-order valence-electron chi connectivity index (χ3n) is 6.31. The lowest BCUT2D eigenvalue weighted by Gasteiger charge is -2.43. The molecule has 0 radical (unpaired) electrons. The molecule has 0 bridgehead atoms. The van der Waals surface area contributed by atoms with Crippen molar-refractivity contribution in [1.82, 2.24) is 24.9 Å². The second-order valence-corrected chi connectivity index (χ2v) is 8.93. The van der Waals surface area contributed by atoms with E-state index in [0.29, 0.717) is 5.92 Å². The van der Waals surface area contributed by atoms with Crippen molar-refractivity contribution in [2.75, 3.05) is 46.4 Å². The maximum absolute atomic E-state index is 5.69. The van der Waals surface area contributed by atoms with Crippen LogP contribution in [0.4, 0.5) is 0 Å². The number of aliphatic imine (C=N–C) groups is 1. The minimum Gasteiger partial charge on any atom is -0.381 e. The molecule has 1 aromatic rings. The monoisotopic (exact) mass is 532 g/mol. The molecule has 0 aliphatic carbocycles. The van der Waals surface area contributed by atoms with E-state index in [1.165, 1.54) is 37.2 Å². The number of guanidine groups is 1. The Kier molecular flexibility index (Phi) is 9.87. The standard InChI is InChI=1S/C22H40N6O.HI/c1-6-23-21(26(4)15-19-16-27(5)25-20(19)18(2)3)24-17-22(9-13-29-14-10-22)28-11-7-8-12-28;/h16,18H,6-15,17H2,1-5H3,(H,23,24);1H. The molecular weight excluding hydrogens is 491 g/mol. The highest BCUT2D eigenvalue weighted by molar-refractivity contribution is 14.0. The van der Waals surface area contributed by atoms with Crippen LogP contribution in [-0.4, -0.2) is 77.5 Å². The van der Waals surface area contributed by atoms with Crippen LogP contribution in [0.5, 0.6) is 0 Å². The van der Waals surface area contributed by atoms with E-state index in [1.54, 1.807) is 0 Å². The van der Waals surface area contributed by atoms with Crippen molar-refractivity contribution < 1.29 is 4.74 Å². The van der Waals surface area contributed by atoms with Gasteiger partial charge in [0.25, 0.3) is 0 Å². The second kappa shape index (κ2) is 11.7. The van der Waals surface area contributed by atoms with Gasteiger partial charge < -0.3 is 15.0 Å². The number of halogens is 1. The molecule has 0 atom stereocenters.